The van der Waals surface area contributed by atoms with Gasteiger partial charge in [-0.3, -0.25) is 9.78 Å². The smallest absolute Gasteiger partial charge is 0.341 e. The van der Waals surface area contributed by atoms with E-state index < -0.39 is 5.97 Å². The van der Waals surface area contributed by atoms with Crippen LogP contribution in [0.25, 0.3) is 22.3 Å². The Kier molecular flexibility index (Phi) is 3.47. The van der Waals surface area contributed by atoms with Crippen LogP contribution in [0, 0.1) is 6.92 Å². The number of carbonyl (C=O) groups is 1. The molecule has 0 aliphatic rings. The van der Waals surface area contributed by atoms with E-state index in [2.05, 4.69) is 4.98 Å². The summed E-state index contributed by atoms with van der Waals surface area (Å²) in [6.45, 7) is 1.69. The molecule has 0 radical (unpaired) electrons. The van der Waals surface area contributed by atoms with E-state index in [-0.39, 0.29) is 16.6 Å². The van der Waals surface area contributed by atoms with E-state index in [4.69, 9.17) is 9.15 Å². The number of benzene rings is 1. The number of esters is 1. The van der Waals surface area contributed by atoms with Crippen molar-refractivity contribution in [3.63, 3.8) is 0 Å². The minimum atomic E-state index is -0.547. The molecule has 2 heterocycles. The van der Waals surface area contributed by atoms with Crippen molar-refractivity contribution in [1.29, 1.82) is 0 Å². The van der Waals surface area contributed by atoms with Gasteiger partial charge in [-0.25, -0.2) is 4.79 Å². The number of pyridine rings is 1. The summed E-state index contributed by atoms with van der Waals surface area (Å²) in [4.78, 5) is 28.5. The molecule has 1 aromatic carbocycles. The van der Waals surface area contributed by atoms with Crippen molar-refractivity contribution in [3.8, 4) is 11.3 Å². The van der Waals surface area contributed by atoms with Crippen molar-refractivity contribution < 1.29 is 13.9 Å². The molecule has 0 spiro atoms. The molecule has 0 bridgehead atoms. The molecule has 3 aromatic rings. The molecular formula is C17H13NO4. The number of methoxy groups -OCH3 is 1. The number of para-hydroxylation sites is 1. The number of rotatable bonds is 2. The largest absolute Gasteiger partial charge is 0.465 e. The molecule has 110 valence electrons. The first-order valence-electron chi connectivity index (χ1n) is 6.68. The van der Waals surface area contributed by atoms with Crippen molar-refractivity contribution in [1.82, 2.24) is 4.98 Å². The van der Waals surface area contributed by atoms with E-state index in [1.807, 2.05) is 0 Å². The van der Waals surface area contributed by atoms with Gasteiger partial charge in [0.2, 0.25) is 0 Å². The first-order valence-corrected chi connectivity index (χ1v) is 6.68. The van der Waals surface area contributed by atoms with E-state index >= 15 is 0 Å². The number of fused-ring (bicyclic) bond motifs is 1. The van der Waals surface area contributed by atoms with Crippen LogP contribution in [0.4, 0.5) is 0 Å². The third kappa shape index (κ3) is 2.16. The van der Waals surface area contributed by atoms with Crippen molar-refractivity contribution >= 4 is 16.9 Å². The zero-order chi connectivity index (χ0) is 15.7. The predicted octanol–water partition coefficient (Wildman–Crippen LogP) is 2.95. The Morgan fingerprint density at radius 3 is 2.73 bits per heavy atom. The lowest BCUT2D eigenvalue weighted by molar-refractivity contribution is 0.0601. The molecule has 0 saturated carbocycles. The molecule has 0 aliphatic carbocycles. The van der Waals surface area contributed by atoms with Crippen LogP contribution >= 0.6 is 0 Å². The van der Waals surface area contributed by atoms with E-state index in [0.29, 0.717) is 22.3 Å². The maximum absolute atomic E-state index is 12.6. The number of hydrogen-bond acceptors (Lipinski definition) is 5. The van der Waals surface area contributed by atoms with Crippen LogP contribution < -0.4 is 5.43 Å². The van der Waals surface area contributed by atoms with E-state index in [1.165, 1.54) is 7.11 Å². The number of nitrogens with zero attached hydrogens (tertiary/aromatic N) is 1. The lowest BCUT2D eigenvalue weighted by atomic mass is 10.1. The lowest BCUT2D eigenvalue weighted by Crippen LogP contribution is -2.10. The Balaban J connectivity index is 2.39. The van der Waals surface area contributed by atoms with Crippen LogP contribution in [0.15, 0.2) is 51.9 Å². The van der Waals surface area contributed by atoms with Crippen LogP contribution in [0.3, 0.4) is 0 Å². The third-order valence-corrected chi connectivity index (χ3v) is 3.47. The minimum Gasteiger partial charge on any atom is -0.465 e. The predicted molar refractivity (Wildman–Crippen MR) is 81.8 cm³/mol. The second-order valence-electron chi connectivity index (χ2n) is 4.80. The summed E-state index contributed by atoms with van der Waals surface area (Å²) in [6, 6.07) is 8.39. The molecular weight excluding hydrogens is 282 g/mol. The van der Waals surface area contributed by atoms with E-state index in [1.54, 1.807) is 49.6 Å². The van der Waals surface area contributed by atoms with Crippen LogP contribution in [-0.2, 0) is 4.74 Å². The Hall–Kier alpha value is -2.95. The zero-order valence-electron chi connectivity index (χ0n) is 12.1. The molecule has 3 rings (SSSR count). The third-order valence-electron chi connectivity index (χ3n) is 3.47. The molecule has 5 nitrogen and oxygen atoms in total. The van der Waals surface area contributed by atoms with Crippen molar-refractivity contribution in [3.05, 3.63) is 64.1 Å². The molecule has 22 heavy (non-hydrogen) atoms. The molecule has 0 fully saturated rings. The Labute approximate surface area is 126 Å². The van der Waals surface area contributed by atoms with E-state index in [9.17, 15) is 9.59 Å². The van der Waals surface area contributed by atoms with Gasteiger partial charge in [0.25, 0.3) is 0 Å². The average Bonchev–Trinajstić information content (AvgIpc) is 2.57. The summed E-state index contributed by atoms with van der Waals surface area (Å²) in [5.74, 6) is -0.142. The summed E-state index contributed by atoms with van der Waals surface area (Å²) in [7, 11) is 1.29. The van der Waals surface area contributed by atoms with Crippen molar-refractivity contribution in [2.45, 2.75) is 6.92 Å². The average molecular weight is 295 g/mol. The number of aromatic nitrogens is 1. The van der Waals surface area contributed by atoms with Crippen LogP contribution in [0.1, 0.15) is 15.9 Å². The van der Waals surface area contributed by atoms with Gasteiger partial charge in [-0.1, -0.05) is 6.07 Å². The highest BCUT2D eigenvalue weighted by Crippen LogP contribution is 2.27. The first kappa shape index (κ1) is 14.0. The second kappa shape index (κ2) is 5.44. The van der Waals surface area contributed by atoms with Gasteiger partial charge in [0.1, 0.15) is 11.3 Å². The summed E-state index contributed by atoms with van der Waals surface area (Å²) in [6.07, 6.45) is 3.25. The second-order valence-corrected chi connectivity index (χ2v) is 4.80. The van der Waals surface area contributed by atoms with Crippen molar-refractivity contribution in [2.75, 3.05) is 7.11 Å². The summed E-state index contributed by atoms with van der Waals surface area (Å²) in [5, 5.41) is 0.355. The quantitative estimate of drug-likeness (QED) is 0.680. The van der Waals surface area contributed by atoms with Crippen molar-refractivity contribution in [2.24, 2.45) is 0 Å². The summed E-state index contributed by atoms with van der Waals surface area (Å²) >= 11 is 0. The maximum Gasteiger partial charge on any atom is 0.341 e. The topological polar surface area (TPSA) is 69.4 Å². The zero-order valence-corrected chi connectivity index (χ0v) is 12.1. The molecule has 0 saturated heterocycles. The monoisotopic (exact) mass is 295 g/mol. The maximum atomic E-state index is 12.6. The summed E-state index contributed by atoms with van der Waals surface area (Å²) in [5.41, 5.74) is 1.43. The van der Waals surface area contributed by atoms with Gasteiger partial charge in [-0.05, 0) is 31.2 Å². The highest BCUT2D eigenvalue weighted by atomic mass is 16.5. The fourth-order valence-corrected chi connectivity index (χ4v) is 2.35. The Bertz CT molecular complexity index is 913. The Morgan fingerprint density at radius 2 is 2.05 bits per heavy atom. The molecule has 0 atom stereocenters. The van der Waals surface area contributed by atoms with Gasteiger partial charge < -0.3 is 9.15 Å². The standard InChI is InChI=1S/C17H13NO4/c1-10-14(19)12-6-3-7-13(17(20)21-2)16(12)22-15(10)11-5-4-8-18-9-11/h3-9H,1-2H3. The lowest BCUT2D eigenvalue weighted by Gasteiger charge is -2.09. The molecule has 0 amide bonds. The van der Waals surface area contributed by atoms with Gasteiger partial charge in [0.15, 0.2) is 11.0 Å². The first-order chi connectivity index (χ1) is 10.6. The van der Waals surface area contributed by atoms with Gasteiger partial charge in [-0.2, -0.15) is 0 Å². The molecule has 0 N–H and O–H groups in total. The Morgan fingerprint density at radius 1 is 1.23 bits per heavy atom. The van der Waals surface area contributed by atoms with E-state index in [0.717, 1.165) is 0 Å². The SMILES string of the molecule is COC(=O)c1cccc2c(=O)c(C)c(-c3cccnc3)oc12. The molecule has 5 heteroatoms. The number of ether oxygens (including phenoxy) is 1. The van der Waals surface area contributed by atoms with Gasteiger partial charge in [-0.15, -0.1) is 0 Å². The van der Waals surface area contributed by atoms with Crippen LogP contribution in [0.5, 0.6) is 0 Å². The van der Waals surface area contributed by atoms with Gasteiger partial charge >= 0.3 is 5.97 Å². The van der Waals surface area contributed by atoms with Crippen LogP contribution in [0.2, 0.25) is 0 Å². The number of carbonyl (C=O) groups excluding carboxylic acids is 1. The minimum absolute atomic E-state index is 0.175. The van der Waals surface area contributed by atoms with Gasteiger partial charge in [0.05, 0.1) is 12.5 Å². The highest BCUT2D eigenvalue weighted by Gasteiger charge is 2.18. The molecule has 0 aliphatic heterocycles. The fraction of sp³-hybridized carbons (Fsp3) is 0.118. The summed E-state index contributed by atoms with van der Waals surface area (Å²) < 4.78 is 10.6. The molecule has 0 unspecified atom stereocenters. The molecule has 2 aromatic heterocycles. The highest BCUT2D eigenvalue weighted by molar-refractivity contribution is 6.02. The normalized spacial score (nSPS) is 10.6. The van der Waals surface area contributed by atoms with Crippen LogP contribution in [-0.4, -0.2) is 18.1 Å². The number of hydrogen-bond donors (Lipinski definition) is 0. The fourth-order valence-electron chi connectivity index (χ4n) is 2.35. The van der Waals surface area contributed by atoms with Gasteiger partial charge in [0, 0.05) is 23.5 Å².